The predicted molar refractivity (Wildman–Crippen MR) is 86.2 cm³/mol. The molecule has 7 heteroatoms. The molecule has 1 heterocycles. The van der Waals surface area contributed by atoms with Gasteiger partial charge in [0, 0.05) is 33.3 Å². The molecule has 0 aliphatic carbocycles. The Morgan fingerprint density at radius 2 is 2.00 bits per heavy atom. The van der Waals surface area contributed by atoms with Gasteiger partial charge in [0.05, 0.1) is 4.90 Å². The van der Waals surface area contributed by atoms with Gasteiger partial charge in [0.2, 0.25) is 0 Å². The van der Waals surface area contributed by atoms with E-state index in [-0.39, 0.29) is 16.8 Å². The summed E-state index contributed by atoms with van der Waals surface area (Å²) in [6.07, 6.45) is 0.958. The highest BCUT2D eigenvalue weighted by atomic mass is 79.9. The predicted octanol–water partition coefficient (Wildman–Crippen LogP) is 3.56. The Balaban J connectivity index is 2.48. The molecule has 0 bridgehead atoms. The fourth-order valence-electron chi connectivity index (χ4n) is 2.75. The second-order valence-corrected chi connectivity index (χ2v) is 9.08. The van der Waals surface area contributed by atoms with Gasteiger partial charge in [-0.1, -0.05) is 22.9 Å². The first kappa shape index (κ1) is 16.8. The van der Waals surface area contributed by atoms with Gasteiger partial charge in [-0.2, -0.15) is 0 Å². The molecule has 1 aromatic rings. The maximum absolute atomic E-state index is 12.7. The van der Waals surface area contributed by atoms with Gasteiger partial charge in [-0.15, -0.1) is 0 Å². The van der Waals surface area contributed by atoms with E-state index < -0.39 is 9.05 Å². The number of halogens is 2. The smallest absolute Gasteiger partial charge is 0.261 e. The second kappa shape index (κ2) is 5.89. The quantitative estimate of drug-likeness (QED) is 0.721. The van der Waals surface area contributed by atoms with Crippen molar-refractivity contribution in [3.8, 4) is 0 Å². The summed E-state index contributed by atoms with van der Waals surface area (Å²) < 4.78 is 23.6. The molecule has 1 saturated heterocycles. The molecular weight excluding hydrogens is 378 g/mol. The van der Waals surface area contributed by atoms with Crippen molar-refractivity contribution in [1.82, 2.24) is 4.90 Å². The highest BCUT2D eigenvalue weighted by molar-refractivity contribution is 9.10. The van der Waals surface area contributed by atoms with E-state index >= 15 is 0 Å². The number of hydrogen-bond donors (Lipinski definition) is 0. The number of nitrogens with zero attached hydrogens (tertiary/aromatic N) is 1. The largest absolute Gasteiger partial charge is 0.336 e. The van der Waals surface area contributed by atoms with Crippen molar-refractivity contribution in [2.24, 2.45) is 5.92 Å². The summed E-state index contributed by atoms with van der Waals surface area (Å²) in [6.45, 7) is 6.58. The molecule has 116 valence electrons. The van der Waals surface area contributed by atoms with Crippen molar-refractivity contribution in [3.63, 3.8) is 0 Å². The van der Waals surface area contributed by atoms with Crippen LogP contribution in [-0.4, -0.2) is 31.8 Å². The lowest BCUT2D eigenvalue weighted by Crippen LogP contribution is -2.34. The Labute approximate surface area is 138 Å². The number of rotatable bonds is 2. The summed E-state index contributed by atoms with van der Waals surface area (Å²) in [6, 6.07) is 2.94. The summed E-state index contributed by atoms with van der Waals surface area (Å²) in [4.78, 5) is 14.5. The fourth-order valence-corrected chi connectivity index (χ4v) is 4.15. The van der Waals surface area contributed by atoms with E-state index in [1.807, 2.05) is 6.92 Å². The van der Waals surface area contributed by atoms with E-state index in [9.17, 15) is 13.2 Å². The van der Waals surface area contributed by atoms with Crippen LogP contribution >= 0.6 is 26.6 Å². The van der Waals surface area contributed by atoms with Gasteiger partial charge in [-0.3, -0.25) is 4.79 Å². The number of carbonyl (C=O) groups excluding carboxylic acids is 1. The van der Waals surface area contributed by atoms with Crippen molar-refractivity contribution in [1.29, 1.82) is 0 Å². The van der Waals surface area contributed by atoms with Crippen LogP contribution in [0.1, 0.15) is 36.2 Å². The van der Waals surface area contributed by atoms with Crippen molar-refractivity contribution in [2.75, 3.05) is 6.54 Å². The summed E-state index contributed by atoms with van der Waals surface area (Å²) in [5.74, 6) is 0.305. The molecule has 21 heavy (non-hydrogen) atoms. The average Bonchev–Trinajstić information content (AvgIpc) is 2.69. The lowest BCUT2D eigenvalue weighted by atomic mass is 10.1. The Hall–Kier alpha value is -0.590. The minimum Gasteiger partial charge on any atom is -0.336 e. The number of hydrogen-bond acceptors (Lipinski definition) is 3. The Bertz CT molecular complexity index is 690. The van der Waals surface area contributed by atoms with Crippen LogP contribution < -0.4 is 0 Å². The van der Waals surface area contributed by atoms with Gasteiger partial charge < -0.3 is 4.90 Å². The van der Waals surface area contributed by atoms with Crippen LogP contribution in [0.15, 0.2) is 21.5 Å². The molecule has 2 unspecified atom stereocenters. The Morgan fingerprint density at radius 1 is 1.38 bits per heavy atom. The second-order valence-electron chi connectivity index (χ2n) is 5.66. The molecule has 1 fully saturated rings. The van der Waals surface area contributed by atoms with Gasteiger partial charge in [-0.25, -0.2) is 8.42 Å². The van der Waals surface area contributed by atoms with E-state index in [4.69, 9.17) is 10.7 Å². The number of amides is 1. The monoisotopic (exact) mass is 393 g/mol. The number of likely N-dealkylation sites (tertiary alicyclic amines) is 1. The third kappa shape index (κ3) is 3.43. The first-order valence-corrected chi connectivity index (χ1v) is 9.77. The molecule has 1 amide bonds. The summed E-state index contributed by atoms with van der Waals surface area (Å²) >= 11 is 3.30. The minimum atomic E-state index is -3.87. The van der Waals surface area contributed by atoms with Crippen LogP contribution in [0.25, 0.3) is 0 Å². The van der Waals surface area contributed by atoms with Crippen LogP contribution in [0.4, 0.5) is 0 Å². The molecule has 0 radical (unpaired) electrons. The maximum Gasteiger partial charge on any atom is 0.261 e. The van der Waals surface area contributed by atoms with Crippen molar-refractivity contribution >= 4 is 41.6 Å². The molecule has 1 aliphatic heterocycles. The maximum atomic E-state index is 12.7. The lowest BCUT2D eigenvalue weighted by molar-refractivity contribution is 0.0742. The van der Waals surface area contributed by atoms with Crippen molar-refractivity contribution in [3.05, 3.63) is 27.7 Å². The highest BCUT2D eigenvalue weighted by Gasteiger charge is 2.32. The SMILES string of the molecule is Cc1c(Br)cc(S(=O)(=O)Cl)cc1C(=O)N1CC(C)CC1C. The molecule has 4 nitrogen and oxygen atoms in total. The molecule has 2 rings (SSSR count). The molecule has 0 aromatic heterocycles. The molecule has 2 atom stereocenters. The number of benzene rings is 1. The molecule has 0 saturated carbocycles. The van der Waals surface area contributed by atoms with Gasteiger partial charge in [0.1, 0.15) is 0 Å². The van der Waals surface area contributed by atoms with Gasteiger partial charge in [0.25, 0.3) is 15.0 Å². The van der Waals surface area contributed by atoms with Crippen LogP contribution in [0, 0.1) is 12.8 Å². The molecule has 0 spiro atoms. The van der Waals surface area contributed by atoms with Crippen LogP contribution in [-0.2, 0) is 9.05 Å². The zero-order chi connectivity index (χ0) is 15.9. The standard InChI is InChI=1S/C14H17BrClNO3S/c1-8-4-9(2)17(7-8)14(18)12-5-11(21(16,19)20)6-13(15)10(12)3/h5-6,8-9H,4,7H2,1-3H3. The van der Waals surface area contributed by atoms with E-state index in [1.54, 1.807) is 11.8 Å². The van der Waals surface area contributed by atoms with Gasteiger partial charge in [-0.05, 0) is 43.9 Å². The fraction of sp³-hybridized carbons (Fsp3) is 0.500. The molecular formula is C14H17BrClNO3S. The molecule has 1 aliphatic rings. The first-order valence-electron chi connectivity index (χ1n) is 6.67. The van der Waals surface area contributed by atoms with Gasteiger partial charge >= 0.3 is 0 Å². The number of carbonyl (C=O) groups is 1. The van der Waals surface area contributed by atoms with E-state index in [1.165, 1.54) is 12.1 Å². The first-order chi connectivity index (χ1) is 9.61. The average molecular weight is 395 g/mol. The third-order valence-corrected chi connectivity index (χ3v) is 6.03. The normalized spacial score (nSPS) is 22.6. The third-order valence-electron chi connectivity index (χ3n) is 3.87. The topological polar surface area (TPSA) is 54.5 Å². The zero-order valence-corrected chi connectivity index (χ0v) is 15.2. The Kier molecular flexibility index (Phi) is 4.71. The summed E-state index contributed by atoms with van der Waals surface area (Å²) in [7, 11) is 1.52. The molecule has 1 aromatic carbocycles. The summed E-state index contributed by atoms with van der Waals surface area (Å²) in [5.41, 5.74) is 1.10. The van der Waals surface area contributed by atoms with E-state index in [2.05, 4.69) is 22.9 Å². The van der Waals surface area contributed by atoms with Crippen molar-refractivity contribution < 1.29 is 13.2 Å². The van der Waals surface area contributed by atoms with Crippen molar-refractivity contribution in [2.45, 2.75) is 38.1 Å². The molecule has 0 N–H and O–H groups in total. The summed E-state index contributed by atoms with van der Waals surface area (Å²) in [5, 5.41) is 0. The van der Waals surface area contributed by atoms with Gasteiger partial charge in [0.15, 0.2) is 0 Å². The zero-order valence-electron chi connectivity index (χ0n) is 12.1. The lowest BCUT2D eigenvalue weighted by Gasteiger charge is -2.23. The van der Waals surface area contributed by atoms with Crippen LogP contribution in [0.2, 0.25) is 0 Å². The van der Waals surface area contributed by atoms with Crippen LogP contribution in [0.5, 0.6) is 0 Å². The van der Waals surface area contributed by atoms with Crippen LogP contribution in [0.3, 0.4) is 0 Å². The Morgan fingerprint density at radius 3 is 2.48 bits per heavy atom. The minimum absolute atomic E-state index is 0.0649. The van der Waals surface area contributed by atoms with E-state index in [0.717, 1.165) is 12.0 Å². The van der Waals surface area contributed by atoms with E-state index in [0.29, 0.717) is 22.5 Å². The highest BCUT2D eigenvalue weighted by Crippen LogP contribution is 2.30.